The van der Waals surface area contributed by atoms with Gasteiger partial charge >= 0.3 is 0 Å². The highest BCUT2D eigenvalue weighted by Crippen LogP contribution is 2.22. The Bertz CT molecular complexity index is 422. The Hall–Kier alpha value is -1.48. The van der Waals surface area contributed by atoms with Crippen LogP contribution in [-0.2, 0) is 5.75 Å². The molecule has 0 aromatic carbocycles. The summed E-state index contributed by atoms with van der Waals surface area (Å²) in [6, 6.07) is 0. The van der Waals surface area contributed by atoms with E-state index in [-0.39, 0.29) is 11.9 Å². The molecule has 0 unspecified atom stereocenters. The number of nitrogens with two attached hydrogens (primary N) is 2. The minimum absolute atomic E-state index is 0.135. The Morgan fingerprint density at radius 2 is 1.93 bits per heavy atom. The van der Waals surface area contributed by atoms with Gasteiger partial charge in [0.2, 0.25) is 11.9 Å². The molecule has 78 valence electrons. The molecule has 0 bridgehead atoms. The number of anilines is 2. The summed E-state index contributed by atoms with van der Waals surface area (Å²) in [5.74, 6) is 1.36. The molecule has 0 radical (unpaired) electrons. The van der Waals surface area contributed by atoms with E-state index in [9.17, 15) is 0 Å². The molecule has 2 rings (SSSR count). The predicted octanol–water partition coefficient (Wildman–Crippen LogP) is 0.180. The van der Waals surface area contributed by atoms with Crippen molar-refractivity contribution < 1.29 is 0 Å². The smallest absolute Gasteiger partial charge is 0.225 e. The molecular weight excluding hydrogens is 234 g/mol. The van der Waals surface area contributed by atoms with Crippen LogP contribution in [0.25, 0.3) is 0 Å². The number of nitrogens with zero attached hydrogens (tertiary/aromatic N) is 5. The van der Waals surface area contributed by atoms with Gasteiger partial charge in [0.1, 0.15) is 11.3 Å². The fourth-order valence-corrected chi connectivity index (χ4v) is 2.22. The number of aromatic nitrogens is 5. The second-order valence-electron chi connectivity index (χ2n) is 2.46. The SMILES string of the molecule is Nc1nc(N)nc(CSc2nncs2)n1. The first kappa shape index (κ1) is 10.1. The van der Waals surface area contributed by atoms with E-state index in [0.29, 0.717) is 11.6 Å². The highest BCUT2D eigenvalue weighted by Gasteiger charge is 2.04. The van der Waals surface area contributed by atoms with Gasteiger partial charge in [-0.1, -0.05) is 23.1 Å². The Balaban J connectivity index is 2.05. The predicted molar refractivity (Wildman–Crippen MR) is 58.1 cm³/mol. The van der Waals surface area contributed by atoms with Gasteiger partial charge in [0, 0.05) is 0 Å². The van der Waals surface area contributed by atoms with Crippen molar-refractivity contribution in [2.75, 3.05) is 11.5 Å². The topological polar surface area (TPSA) is 116 Å². The van der Waals surface area contributed by atoms with Crippen LogP contribution in [0.4, 0.5) is 11.9 Å². The molecule has 0 amide bonds. The fourth-order valence-electron chi connectivity index (χ4n) is 0.873. The van der Waals surface area contributed by atoms with Crippen LogP contribution in [0.2, 0.25) is 0 Å². The Labute approximate surface area is 93.4 Å². The van der Waals surface area contributed by atoms with Crippen LogP contribution in [0.15, 0.2) is 9.85 Å². The van der Waals surface area contributed by atoms with Crippen LogP contribution >= 0.6 is 23.1 Å². The highest BCUT2D eigenvalue weighted by molar-refractivity contribution is 8.00. The largest absolute Gasteiger partial charge is 0.368 e. The van der Waals surface area contributed by atoms with E-state index < -0.39 is 0 Å². The van der Waals surface area contributed by atoms with Crippen molar-refractivity contribution in [3.05, 3.63) is 11.3 Å². The third-order valence-electron chi connectivity index (χ3n) is 1.38. The average molecular weight is 241 g/mol. The number of hydrogen-bond acceptors (Lipinski definition) is 9. The molecule has 7 nitrogen and oxygen atoms in total. The highest BCUT2D eigenvalue weighted by atomic mass is 32.2. The van der Waals surface area contributed by atoms with E-state index >= 15 is 0 Å². The van der Waals surface area contributed by atoms with Gasteiger partial charge in [-0.3, -0.25) is 0 Å². The summed E-state index contributed by atoms with van der Waals surface area (Å²) in [6.45, 7) is 0. The van der Waals surface area contributed by atoms with Crippen LogP contribution in [-0.4, -0.2) is 25.1 Å². The molecule has 2 heterocycles. The second kappa shape index (κ2) is 4.36. The molecule has 0 aliphatic carbocycles. The van der Waals surface area contributed by atoms with Crippen molar-refractivity contribution in [3.8, 4) is 0 Å². The van der Waals surface area contributed by atoms with E-state index in [1.165, 1.54) is 23.1 Å². The lowest BCUT2D eigenvalue weighted by molar-refractivity contribution is 0.979. The lowest BCUT2D eigenvalue weighted by atomic mass is 10.7. The first-order valence-corrected chi connectivity index (χ1v) is 5.75. The third kappa shape index (κ3) is 2.73. The maximum Gasteiger partial charge on any atom is 0.225 e. The van der Waals surface area contributed by atoms with E-state index in [1.54, 1.807) is 5.51 Å². The van der Waals surface area contributed by atoms with Gasteiger partial charge < -0.3 is 11.5 Å². The molecule has 0 aliphatic heterocycles. The summed E-state index contributed by atoms with van der Waals surface area (Å²) < 4.78 is 0.854. The standard InChI is InChI=1S/C6H7N7S2/c7-4-10-3(11-5(8)12-4)1-14-6-13-9-2-15-6/h2H,1H2,(H4,7,8,10,11,12). The van der Waals surface area contributed by atoms with Crippen LogP contribution < -0.4 is 11.5 Å². The van der Waals surface area contributed by atoms with Crippen molar-refractivity contribution in [2.45, 2.75) is 10.1 Å². The zero-order chi connectivity index (χ0) is 10.7. The molecule has 4 N–H and O–H groups in total. The quantitative estimate of drug-likeness (QED) is 0.731. The summed E-state index contributed by atoms with van der Waals surface area (Å²) in [5, 5.41) is 7.59. The summed E-state index contributed by atoms with van der Waals surface area (Å²) >= 11 is 2.94. The fraction of sp³-hybridized carbons (Fsp3) is 0.167. The van der Waals surface area contributed by atoms with E-state index in [0.717, 1.165) is 4.34 Å². The summed E-state index contributed by atoms with van der Waals surface area (Å²) in [7, 11) is 0. The lowest BCUT2D eigenvalue weighted by Gasteiger charge is -1.99. The van der Waals surface area contributed by atoms with Crippen molar-refractivity contribution in [1.29, 1.82) is 0 Å². The molecule has 2 aromatic rings. The summed E-state index contributed by atoms with van der Waals surface area (Å²) in [4.78, 5) is 11.6. The van der Waals surface area contributed by atoms with Crippen LogP contribution in [0.3, 0.4) is 0 Å². The van der Waals surface area contributed by atoms with E-state index in [4.69, 9.17) is 11.5 Å². The van der Waals surface area contributed by atoms with Gasteiger partial charge in [-0.2, -0.15) is 15.0 Å². The van der Waals surface area contributed by atoms with E-state index in [1.807, 2.05) is 0 Å². The molecular formula is C6H7N7S2. The van der Waals surface area contributed by atoms with Crippen LogP contribution in [0.5, 0.6) is 0 Å². The second-order valence-corrected chi connectivity index (χ2v) is 4.52. The molecule has 2 aromatic heterocycles. The normalized spacial score (nSPS) is 10.4. The monoisotopic (exact) mass is 241 g/mol. The van der Waals surface area contributed by atoms with Gasteiger partial charge in [-0.15, -0.1) is 10.2 Å². The molecule has 9 heteroatoms. The first-order chi connectivity index (χ1) is 7.24. The zero-order valence-corrected chi connectivity index (χ0v) is 9.12. The van der Waals surface area contributed by atoms with Crippen molar-refractivity contribution in [3.63, 3.8) is 0 Å². The van der Waals surface area contributed by atoms with Crippen molar-refractivity contribution in [2.24, 2.45) is 0 Å². The van der Waals surface area contributed by atoms with Crippen LogP contribution in [0, 0.1) is 0 Å². The summed E-state index contributed by atoms with van der Waals surface area (Å²) in [5.41, 5.74) is 12.5. The maximum absolute atomic E-state index is 5.43. The summed E-state index contributed by atoms with van der Waals surface area (Å²) in [6.07, 6.45) is 0. The average Bonchev–Trinajstić information content (AvgIpc) is 2.65. The van der Waals surface area contributed by atoms with Gasteiger partial charge in [0.15, 0.2) is 4.34 Å². The number of nitrogen functional groups attached to an aromatic ring is 2. The molecule has 0 spiro atoms. The number of rotatable bonds is 3. The number of hydrogen-bond donors (Lipinski definition) is 2. The Morgan fingerprint density at radius 1 is 1.20 bits per heavy atom. The van der Waals surface area contributed by atoms with Gasteiger partial charge in [0.05, 0.1) is 5.75 Å². The number of thioether (sulfide) groups is 1. The van der Waals surface area contributed by atoms with E-state index in [2.05, 4.69) is 25.1 Å². The van der Waals surface area contributed by atoms with Gasteiger partial charge in [-0.05, 0) is 0 Å². The third-order valence-corrected chi connectivity index (χ3v) is 3.24. The molecule has 0 fully saturated rings. The Kier molecular flexibility index (Phi) is 2.92. The lowest BCUT2D eigenvalue weighted by Crippen LogP contribution is -2.05. The van der Waals surface area contributed by atoms with Gasteiger partial charge in [0.25, 0.3) is 0 Å². The van der Waals surface area contributed by atoms with Crippen LogP contribution in [0.1, 0.15) is 5.82 Å². The van der Waals surface area contributed by atoms with Gasteiger partial charge in [-0.25, -0.2) is 0 Å². The van der Waals surface area contributed by atoms with Crippen molar-refractivity contribution in [1.82, 2.24) is 25.1 Å². The Morgan fingerprint density at radius 3 is 2.53 bits per heavy atom. The molecule has 0 saturated carbocycles. The molecule has 0 aliphatic rings. The minimum Gasteiger partial charge on any atom is -0.368 e. The minimum atomic E-state index is 0.135. The molecule has 0 saturated heterocycles. The van der Waals surface area contributed by atoms with Crippen molar-refractivity contribution >= 4 is 35.0 Å². The molecule has 0 atom stereocenters. The maximum atomic E-state index is 5.43. The first-order valence-electron chi connectivity index (χ1n) is 3.89. The zero-order valence-electron chi connectivity index (χ0n) is 7.49. The molecule has 15 heavy (non-hydrogen) atoms.